The molecule has 2 heterocycles. The SMILES string of the molecule is CCCNC(=O)CCNc1c(-c2ccccc2)nc2cnccn12. The van der Waals surface area contributed by atoms with Crippen LogP contribution in [0.2, 0.25) is 0 Å². The van der Waals surface area contributed by atoms with Gasteiger partial charge in [0.2, 0.25) is 5.91 Å². The van der Waals surface area contributed by atoms with Gasteiger partial charge >= 0.3 is 0 Å². The van der Waals surface area contributed by atoms with E-state index in [1.54, 1.807) is 12.4 Å². The lowest BCUT2D eigenvalue weighted by atomic mass is 10.1. The van der Waals surface area contributed by atoms with Crippen molar-refractivity contribution in [3.63, 3.8) is 0 Å². The molecule has 0 aliphatic rings. The number of imidazole rings is 1. The zero-order chi connectivity index (χ0) is 16.8. The van der Waals surface area contributed by atoms with Gasteiger partial charge in [0, 0.05) is 37.5 Å². The van der Waals surface area contributed by atoms with Crippen molar-refractivity contribution in [3.8, 4) is 11.3 Å². The van der Waals surface area contributed by atoms with Crippen molar-refractivity contribution in [3.05, 3.63) is 48.9 Å². The highest BCUT2D eigenvalue weighted by Gasteiger charge is 2.13. The van der Waals surface area contributed by atoms with Gasteiger partial charge in [-0.05, 0) is 6.42 Å². The number of hydrogen-bond donors (Lipinski definition) is 2. The molecule has 0 fully saturated rings. The van der Waals surface area contributed by atoms with Crippen LogP contribution in [-0.2, 0) is 4.79 Å². The third-order valence-corrected chi connectivity index (χ3v) is 3.69. The average Bonchev–Trinajstić information content (AvgIpc) is 2.99. The molecule has 0 bridgehead atoms. The Bertz CT molecular complexity index is 813. The zero-order valence-electron chi connectivity index (χ0n) is 13.7. The quantitative estimate of drug-likeness (QED) is 0.701. The molecule has 0 aliphatic heterocycles. The molecule has 124 valence electrons. The smallest absolute Gasteiger partial charge is 0.221 e. The van der Waals surface area contributed by atoms with Crippen LogP contribution in [0.3, 0.4) is 0 Å². The van der Waals surface area contributed by atoms with E-state index in [0.29, 0.717) is 13.0 Å². The van der Waals surface area contributed by atoms with E-state index < -0.39 is 0 Å². The summed E-state index contributed by atoms with van der Waals surface area (Å²) in [7, 11) is 0. The Morgan fingerprint density at radius 1 is 1.21 bits per heavy atom. The highest BCUT2D eigenvalue weighted by atomic mass is 16.1. The number of amides is 1. The second kappa shape index (κ2) is 7.59. The molecular formula is C18H21N5O. The standard InChI is InChI=1S/C18H21N5O/c1-2-9-20-16(24)8-10-21-18-17(14-6-4-3-5-7-14)22-15-13-19-11-12-23(15)18/h3-7,11-13,21H,2,8-10H2,1H3,(H,20,24). The number of rotatable bonds is 7. The number of anilines is 1. The minimum absolute atomic E-state index is 0.0566. The number of aromatic nitrogens is 3. The van der Waals surface area contributed by atoms with Gasteiger partial charge in [-0.2, -0.15) is 0 Å². The first-order valence-electron chi connectivity index (χ1n) is 8.17. The molecule has 0 spiro atoms. The lowest BCUT2D eigenvalue weighted by molar-refractivity contribution is -0.120. The number of nitrogens with one attached hydrogen (secondary N) is 2. The van der Waals surface area contributed by atoms with Crippen molar-refractivity contribution in [1.82, 2.24) is 19.7 Å². The zero-order valence-corrected chi connectivity index (χ0v) is 13.7. The molecule has 3 rings (SSSR count). The Morgan fingerprint density at radius 3 is 2.83 bits per heavy atom. The summed E-state index contributed by atoms with van der Waals surface area (Å²) in [4.78, 5) is 20.6. The summed E-state index contributed by atoms with van der Waals surface area (Å²) in [6.45, 7) is 3.30. The largest absolute Gasteiger partial charge is 0.369 e. The maximum atomic E-state index is 11.8. The van der Waals surface area contributed by atoms with E-state index in [-0.39, 0.29) is 5.91 Å². The van der Waals surface area contributed by atoms with Gasteiger partial charge in [-0.15, -0.1) is 0 Å². The summed E-state index contributed by atoms with van der Waals surface area (Å²) in [5, 5.41) is 6.24. The minimum atomic E-state index is 0.0566. The third-order valence-electron chi connectivity index (χ3n) is 3.69. The van der Waals surface area contributed by atoms with E-state index in [4.69, 9.17) is 0 Å². The van der Waals surface area contributed by atoms with Gasteiger partial charge in [-0.3, -0.25) is 14.2 Å². The van der Waals surface area contributed by atoms with E-state index >= 15 is 0 Å². The number of fused-ring (bicyclic) bond motifs is 1. The molecule has 6 nitrogen and oxygen atoms in total. The van der Waals surface area contributed by atoms with Gasteiger partial charge < -0.3 is 10.6 Å². The van der Waals surface area contributed by atoms with E-state index in [9.17, 15) is 4.79 Å². The van der Waals surface area contributed by atoms with Crippen LogP contribution in [0.5, 0.6) is 0 Å². The monoisotopic (exact) mass is 323 g/mol. The van der Waals surface area contributed by atoms with Crippen molar-refractivity contribution >= 4 is 17.4 Å². The Hall–Kier alpha value is -2.89. The van der Waals surface area contributed by atoms with Crippen molar-refractivity contribution in [2.24, 2.45) is 0 Å². The fraction of sp³-hybridized carbons (Fsp3) is 0.278. The molecule has 1 amide bonds. The van der Waals surface area contributed by atoms with E-state index in [1.807, 2.05) is 47.9 Å². The van der Waals surface area contributed by atoms with Crippen molar-refractivity contribution in [1.29, 1.82) is 0 Å². The molecular weight excluding hydrogens is 302 g/mol. The van der Waals surface area contributed by atoms with Gasteiger partial charge in [0.15, 0.2) is 5.65 Å². The first-order chi connectivity index (χ1) is 11.8. The van der Waals surface area contributed by atoms with Gasteiger partial charge in [-0.25, -0.2) is 4.98 Å². The van der Waals surface area contributed by atoms with Crippen LogP contribution in [0, 0.1) is 0 Å². The van der Waals surface area contributed by atoms with E-state index in [1.165, 1.54) is 0 Å². The van der Waals surface area contributed by atoms with Gasteiger partial charge in [0.25, 0.3) is 0 Å². The molecule has 3 aromatic rings. The van der Waals surface area contributed by atoms with Crippen LogP contribution in [0.25, 0.3) is 16.9 Å². The van der Waals surface area contributed by atoms with Crippen molar-refractivity contribution in [2.75, 3.05) is 18.4 Å². The molecule has 0 aliphatic carbocycles. The summed E-state index contributed by atoms with van der Waals surface area (Å²) < 4.78 is 1.96. The fourth-order valence-electron chi connectivity index (χ4n) is 2.52. The summed E-state index contributed by atoms with van der Waals surface area (Å²) in [6, 6.07) is 9.99. The van der Waals surface area contributed by atoms with Crippen molar-refractivity contribution in [2.45, 2.75) is 19.8 Å². The second-order valence-corrected chi connectivity index (χ2v) is 5.51. The molecule has 0 saturated carbocycles. The number of hydrogen-bond acceptors (Lipinski definition) is 4. The van der Waals surface area contributed by atoms with Crippen molar-refractivity contribution < 1.29 is 4.79 Å². The highest BCUT2D eigenvalue weighted by Crippen LogP contribution is 2.28. The lowest BCUT2D eigenvalue weighted by Crippen LogP contribution is -2.26. The van der Waals surface area contributed by atoms with Crippen LogP contribution < -0.4 is 10.6 Å². The normalized spacial score (nSPS) is 10.7. The second-order valence-electron chi connectivity index (χ2n) is 5.51. The van der Waals surface area contributed by atoms with E-state index in [2.05, 4.69) is 20.6 Å². The van der Waals surface area contributed by atoms with Gasteiger partial charge in [-0.1, -0.05) is 37.3 Å². The first-order valence-corrected chi connectivity index (χ1v) is 8.17. The number of nitrogens with zero attached hydrogens (tertiary/aromatic N) is 3. The summed E-state index contributed by atoms with van der Waals surface area (Å²) in [6.07, 6.45) is 6.69. The Kier molecular flexibility index (Phi) is 5.05. The summed E-state index contributed by atoms with van der Waals surface area (Å²) >= 11 is 0. The summed E-state index contributed by atoms with van der Waals surface area (Å²) in [5.74, 6) is 0.933. The molecule has 6 heteroatoms. The molecule has 2 N–H and O–H groups in total. The lowest BCUT2D eigenvalue weighted by Gasteiger charge is -2.09. The Morgan fingerprint density at radius 2 is 2.04 bits per heavy atom. The maximum Gasteiger partial charge on any atom is 0.221 e. The van der Waals surface area contributed by atoms with Crippen LogP contribution >= 0.6 is 0 Å². The third kappa shape index (κ3) is 3.53. The van der Waals surface area contributed by atoms with Crippen LogP contribution in [0.4, 0.5) is 5.82 Å². The number of carbonyl (C=O) groups is 1. The Labute approximate surface area is 140 Å². The average molecular weight is 323 g/mol. The fourth-order valence-corrected chi connectivity index (χ4v) is 2.52. The summed E-state index contributed by atoms with van der Waals surface area (Å²) in [5.41, 5.74) is 2.66. The van der Waals surface area contributed by atoms with Gasteiger partial charge in [0.1, 0.15) is 11.5 Å². The first kappa shape index (κ1) is 16.0. The van der Waals surface area contributed by atoms with Crippen LogP contribution in [-0.4, -0.2) is 33.4 Å². The van der Waals surface area contributed by atoms with Crippen LogP contribution in [0.15, 0.2) is 48.9 Å². The molecule has 0 saturated heterocycles. The highest BCUT2D eigenvalue weighted by molar-refractivity contribution is 5.78. The molecule has 1 aromatic carbocycles. The molecule has 2 aromatic heterocycles. The minimum Gasteiger partial charge on any atom is -0.369 e. The maximum absolute atomic E-state index is 11.8. The number of carbonyl (C=O) groups excluding carboxylic acids is 1. The molecule has 24 heavy (non-hydrogen) atoms. The van der Waals surface area contributed by atoms with Gasteiger partial charge in [0.05, 0.1) is 6.20 Å². The topological polar surface area (TPSA) is 71.3 Å². The predicted molar refractivity (Wildman–Crippen MR) is 94.8 cm³/mol. The molecule has 0 atom stereocenters. The van der Waals surface area contributed by atoms with Crippen LogP contribution in [0.1, 0.15) is 19.8 Å². The van der Waals surface area contributed by atoms with E-state index in [0.717, 1.165) is 35.7 Å². The Balaban J connectivity index is 1.82. The predicted octanol–water partition coefficient (Wildman–Crippen LogP) is 2.72. The number of benzene rings is 1. The molecule has 0 radical (unpaired) electrons. The molecule has 0 unspecified atom stereocenters.